The summed E-state index contributed by atoms with van der Waals surface area (Å²) in [6.45, 7) is 3.47. The lowest BCUT2D eigenvalue weighted by molar-refractivity contribution is -0.960. The largest absolute Gasteiger partial charge is 0.380 e. The molecule has 0 unspecified atom stereocenters. The lowest BCUT2D eigenvalue weighted by Gasteiger charge is -2.56. The van der Waals surface area contributed by atoms with Crippen LogP contribution in [0.15, 0.2) is 84.9 Å². The number of piperidine rings is 3. The molecule has 1 N–H and O–H groups in total. The monoisotopic (exact) mass is 429 g/mol. The molecule has 0 aliphatic carbocycles. The third-order valence-electron chi connectivity index (χ3n) is 7.76. The van der Waals surface area contributed by atoms with Crippen molar-refractivity contribution in [1.29, 1.82) is 0 Å². The highest BCUT2D eigenvalue weighted by atomic mass is 16.6. The highest BCUT2D eigenvalue weighted by Gasteiger charge is 2.55. The molecule has 3 aromatic carbocycles. The number of hydrogen-bond acceptors (Lipinski definition) is 3. The van der Waals surface area contributed by atoms with Crippen molar-refractivity contribution in [2.75, 3.05) is 19.6 Å². The predicted molar refractivity (Wildman–Crippen MR) is 124 cm³/mol. The summed E-state index contributed by atoms with van der Waals surface area (Å²) in [7, 11) is 0. The summed E-state index contributed by atoms with van der Waals surface area (Å²) in [6, 6.07) is 27.1. The smallest absolute Gasteiger partial charge is 0.278 e. The number of aliphatic hydroxyl groups is 1. The van der Waals surface area contributed by atoms with Gasteiger partial charge in [-0.1, -0.05) is 72.8 Å². The van der Waals surface area contributed by atoms with Crippen molar-refractivity contribution < 1.29 is 14.5 Å². The number of fused-ring (bicyclic) bond motifs is 3. The molecule has 0 amide bonds. The molecule has 32 heavy (non-hydrogen) atoms. The van der Waals surface area contributed by atoms with Crippen LogP contribution in [0.25, 0.3) is 0 Å². The van der Waals surface area contributed by atoms with E-state index < -0.39 is 5.60 Å². The van der Waals surface area contributed by atoms with E-state index >= 15 is 0 Å². The average molecular weight is 430 g/mol. The summed E-state index contributed by atoms with van der Waals surface area (Å²) in [5, 5.41) is 24.0. The number of benzene rings is 3. The minimum absolute atomic E-state index is 0.0533. The molecule has 3 saturated heterocycles. The van der Waals surface area contributed by atoms with Crippen LogP contribution in [0.4, 0.5) is 5.69 Å². The van der Waals surface area contributed by atoms with Gasteiger partial charge in [0.05, 0.1) is 30.1 Å². The molecule has 3 fully saturated rings. The van der Waals surface area contributed by atoms with E-state index in [9.17, 15) is 15.2 Å². The topological polar surface area (TPSA) is 63.4 Å². The van der Waals surface area contributed by atoms with Gasteiger partial charge in [-0.3, -0.25) is 10.1 Å². The van der Waals surface area contributed by atoms with Crippen LogP contribution in [-0.4, -0.2) is 34.1 Å². The molecule has 2 bridgehead atoms. The van der Waals surface area contributed by atoms with Crippen LogP contribution in [-0.2, 0) is 12.1 Å². The lowest BCUT2D eigenvalue weighted by Crippen LogP contribution is -2.65. The normalized spacial score (nSPS) is 24.9. The summed E-state index contributed by atoms with van der Waals surface area (Å²) >= 11 is 0. The zero-order valence-corrected chi connectivity index (χ0v) is 18.1. The third kappa shape index (κ3) is 3.51. The van der Waals surface area contributed by atoms with Gasteiger partial charge < -0.3 is 9.59 Å². The molecule has 3 aliphatic heterocycles. The van der Waals surface area contributed by atoms with Gasteiger partial charge in [-0.25, -0.2) is 0 Å². The molecule has 3 aliphatic rings. The first-order valence-electron chi connectivity index (χ1n) is 11.4. The molecule has 0 saturated carbocycles. The molecular weight excluding hydrogens is 400 g/mol. The second kappa shape index (κ2) is 8.15. The first-order valence-corrected chi connectivity index (χ1v) is 11.4. The molecule has 3 heterocycles. The maximum atomic E-state index is 12.4. The molecule has 5 nitrogen and oxygen atoms in total. The first kappa shape index (κ1) is 20.9. The maximum Gasteiger partial charge on any atom is 0.278 e. The minimum Gasteiger partial charge on any atom is -0.380 e. The van der Waals surface area contributed by atoms with Gasteiger partial charge in [-0.2, -0.15) is 0 Å². The average Bonchev–Trinajstić information content (AvgIpc) is 2.85. The van der Waals surface area contributed by atoms with Crippen molar-refractivity contribution in [2.24, 2.45) is 11.8 Å². The van der Waals surface area contributed by atoms with Crippen molar-refractivity contribution in [2.45, 2.75) is 25.0 Å². The molecule has 1 atom stereocenters. The summed E-state index contributed by atoms with van der Waals surface area (Å²) in [5.74, 6) is 0.490. The number of hydrogen-bond donors (Lipinski definition) is 1. The zero-order valence-electron chi connectivity index (χ0n) is 18.1. The van der Waals surface area contributed by atoms with Crippen LogP contribution in [0.3, 0.4) is 0 Å². The van der Waals surface area contributed by atoms with Crippen LogP contribution < -0.4 is 0 Å². The standard InChI is InChI=1S/C27H29N2O3/c30-27(23-10-3-1-4-11-23,24-12-5-2-6-13-24)25-20-29(17-15-21(25)16-18-29)19-22-9-7-8-14-26(22)28(31)32/h1-14,21,25,30H,15-20H2/q+1/t21?,25-,29?/m1/s1. The van der Waals surface area contributed by atoms with Gasteiger partial charge in [-0.15, -0.1) is 0 Å². The molecule has 6 rings (SSSR count). The lowest BCUT2D eigenvalue weighted by atomic mass is 9.64. The molecule has 164 valence electrons. The molecule has 5 heteroatoms. The second-order valence-corrected chi connectivity index (χ2v) is 9.46. The van der Waals surface area contributed by atoms with Crippen molar-refractivity contribution in [3.63, 3.8) is 0 Å². The molecule has 0 spiro atoms. The van der Waals surface area contributed by atoms with Gasteiger partial charge in [0.1, 0.15) is 12.1 Å². The Morgan fingerprint density at radius 1 is 0.875 bits per heavy atom. The van der Waals surface area contributed by atoms with E-state index in [1.807, 2.05) is 72.8 Å². The number of nitro groups is 1. The molecule has 0 radical (unpaired) electrons. The van der Waals surface area contributed by atoms with Gasteiger partial charge in [0.15, 0.2) is 0 Å². The van der Waals surface area contributed by atoms with Crippen molar-refractivity contribution in [3.8, 4) is 0 Å². The number of nitrogens with zero attached hydrogens (tertiary/aromatic N) is 2. The minimum atomic E-state index is -1.08. The fraction of sp³-hybridized carbons (Fsp3) is 0.333. The Hall–Kier alpha value is -3.02. The Morgan fingerprint density at radius 3 is 1.97 bits per heavy atom. The zero-order chi connectivity index (χ0) is 22.2. The summed E-state index contributed by atoms with van der Waals surface area (Å²) < 4.78 is 0.800. The Labute approximate surface area is 188 Å². The van der Waals surface area contributed by atoms with Crippen molar-refractivity contribution >= 4 is 5.69 Å². The number of quaternary nitrogens is 1. The molecule has 3 aromatic rings. The van der Waals surface area contributed by atoms with Gasteiger partial charge in [0, 0.05) is 24.8 Å². The van der Waals surface area contributed by atoms with Gasteiger partial charge in [0.2, 0.25) is 0 Å². The second-order valence-electron chi connectivity index (χ2n) is 9.46. The van der Waals surface area contributed by atoms with Crippen LogP contribution in [0, 0.1) is 22.0 Å². The number of nitro benzene ring substituents is 1. The third-order valence-corrected chi connectivity index (χ3v) is 7.76. The van der Waals surface area contributed by atoms with E-state index in [1.165, 1.54) is 0 Å². The first-order chi connectivity index (χ1) is 15.5. The van der Waals surface area contributed by atoms with Crippen LogP contribution in [0.5, 0.6) is 0 Å². The molecular formula is C27H29N2O3+. The Kier molecular flexibility index (Phi) is 5.31. The summed E-state index contributed by atoms with van der Waals surface area (Å²) in [6.07, 6.45) is 2.07. The van der Waals surface area contributed by atoms with E-state index in [-0.39, 0.29) is 16.5 Å². The van der Waals surface area contributed by atoms with E-state index in [0.29, 0.717) is 12.5 Å². The van der Waals surface area contributed by atoms with Crippen molar-refractivity contribution in [1.82, 2.24) is 0 Å². The van der Waals surface area contributed by atoms with Gasteiger partial charge in [0.25, 0.3) is 5.69 Å². The van der Waals surface area contributed by atoms with Crippen LogP contribution >= 0.6 is 0 Å². The summed E-state index contributed by atoms with van der Waals surface area (Å²) in [5.41, 5.74) is 1.76. The Morgan fingerprint density at radius 2 is 1.41 bits per heavy atom. The van der Waals surface area contributed by atoms with Crippen LogP contribution in [0.2, 0.25) is 0 Å². The summed E-state index contributed by atoms with van der Waals surface area (Å²) in [4.78, 5) is 11.3. The van der Waals surface area contributed by atoms with Crippen molar-refractivity contribution in [3.05, 3.63) is 112 Å². The predicted octanol–water partition coefficient (Wildman–Crippen LogP) is 4.89. The maximum absolute atomic E-state index is 12.4. The van der Waals surface area contributed by atoms with E-state index in [4.69, 9.17) is 0 Å². The highest BCUT2D eigenvalue weighted by Crippen LogP contribution is 2.50. The fourth-order valence-electron chi connectivity index (χ4n) is 6.15. The Bertz CT molecular complexity index is 1050. The Balaban J connectivity index is 1.55. The number of para-hydroxylation sites is 1. The van der Waals surface area contributed by atoms with Crippen LogP contribution in [0.1, 0.15) is 29.5 Å². The van der Waals surface area contributed by atoms with Gasteiger partial charge in [-0.05, 0) is 23.1 Å². The molecule has 0 aromatic heterocycles. The van der Waals surface area contributed by atoms with E-state index in [0.717, 1.165) is 53.6 Å². The number of rotatable bonds is 6. The van der Waals surface area contributed by atoms with Gasteiger partial charge >= 0.3 is 0 Å². The fourth-order valence-corrected chi connectivity index (χ4v) is 6.15. The highest BCUT2D eigenvalue weighted by molar-refractivity contribution is 5.40. The SMILES string of the molecule is O=[N+]([O-])c1ccccc1C[N+]12CCC(CC1)[C@H](C(O)(c1ccccc1)c1ccccc1)C2. The quantitative estimate of drug-likeness (QED) is 0.345. The van der Waals surface area contributed by atoms with E-state index in [1.54, 1.807) is 12.1 Å². The van der Waals surface area contributed by atoms with E-state index in [2.05, 4.69) is 0 Å².